The first-order chi connectivity index (χ1) is 9.60. The molecule has 0 spiro atoms. The van der Waals surface area contributed by atoms with Crippen LogP contribution in [0.2, 0.25) is 0 Å². The Morgan fingerprint density at radius 1 is 1.50 bits per heavy atom. The molecule has 2 unspecified atom stereocenters. The van der Waals surface area contributed by atoms with Gasteiger partial charge in [-0.05, 0) is 50.4 Å². The number of carbonyl (C=O) groups excluding carboxylic acids is 1. The van der Waals surface area contributed by atoms with E-state index in [-0.39, 0.29) is 17.4 Å². The minimum atomic E-state index is -0.228. The van der Waals surface area contributed by atoms with Crippen LogP contribution in [0.15, 0.2) is 24.5 Å². The van der Waals surface area contributed by atoms with Crippen molar-refractivity contribution < 1.29 is 4.79 Å². The lowest BCUT2D eigenvalue weighted by Gasteiger charge is -2.40. The molecule has 1 saturated heterocycles. The van der Waals surface area contributed by atoms with Crippen molar-refractivity contribution in [3.63, 3.8) is 0 Å². The molecule has 2 atom stereocenters. The minimum Gasteiger partial charge on any atom is -0.338 e. The zero-order valence-corrected chi connectivity index (χ0v) is 12.7. The van der Waals surface area contributed by atoms with E-state index < -0.39 is 0 Å². The number of piperidine rings is 1. The van der Waals surface area contributed by atoms with Crippen LogP contribution in [-0.4, -0.2) is 35.9 Å². The normalized spacial score (nSPS) is 24.1. The van der Waals surface area contributed by atoms with Gasteiger partial charge < -0.3 is 10.2 Å². The quantitative estimate of drug-likeness (QED) is 0.917. The molecule has 4 heteroatoms. The van der Waals surface area contributed by atoms with Crippen LogP contribution in [0, 0.1) is 5.41 Å². The SMILES string of the molecule is CCC1(C(=O)N(C)C(C)c2ccncc2)CCCNC1. The van der Waals surface area contributed by atoms with Gasteiger partial charge in [0.1, 0.15) is 0 Å². The summed E-state index contributed by atoms with van der Waals surface area (Å²) in [4.78, 5) is 18.9. The number of hydrogen-bond acceptors (Lipinski definition) is 3. The number of hydrogen-bond donors (Lipinski definition) is 1. The van der Waals surface area contributed by atoms with Crippen molar-refractivity contribution in [3.05, 3.63) is 30.1 Å². The number of carbonyl (C=O) groups is 1. The number of pyridine rings is 1. The first-order valence-electron chi connectivity index (χ1n) is 7.48. The van der Waals surface area contributed by atoms with Gasteiger partial charge in [0.05, 0.1) is 11.5 Å². The molecule has 0 bridgehead atoms. The van der Waals surface area contributed by atoms with Gasteiger partial charge in [-0.25, -0.2) is 0 Å². The summed E-state index contributed by atoms with van der Waals surface area (Å²) in [7, 11) is 1.92. The molecule has 0 aromatic carbocycles. The summed E-state index contributed by atoms with van der Waals surface area (Å²) in [5, 5.41) is 3.38. The molecular weight excluding hydrogens is 250 g/mol. The topological polar surface area (TPSA) is 45.2 Å². The first kappa shape index (κ1) is 15.0. The third kappa shape index (κ3) is 2.85. The number of nitrogens with zero attached hydrogens (tertiary/aromatic N) is 2. The maximum atomic E-state index is 12.9. The third-order valence-electron chi connectivity index (χ3n) is 4.69. The van der Waals surface area contributed by atoms with Crippen LogP contribution in [0.3, 0.4) is 0 Å². The molecule has 2 rings (SSSR count). The molecule has 1 aliphatic rings. The fourth-order valence-electron chi connectivity index (χ4n) is 3.02. The molecule has 20 heavy (non-hydrogen) atoms. The van der Waals surface area contributed by atoms with Gasteiger partial charge in [0.25, 0.3) is 0 Å². The molecule has 1 aliphatic heterocycles. The van der Waals surface area contributed by atoms with Crippen molar-refractivity contribution in [2.45, 2.75) is 39.2 Å². The molecular formula is C16H25N3O. The van der Waals surface area contributed by atoms with E-state index >= 15 is 0 Å². The summed E-state index contributed by atoms with van der Waals surface area (Å²) in [6, 6.07) is 4.04. The summed E-state index contributed by atoms with van der Waals surface area (Å²) in [5.74, 6) is 0.261. The van der Waals surface area contributed by atoms with E-state index in [4.69, 9.17) is 0 Å². The van der Waals surface area contributed by atoms with E-state index in [0.29, 0.717) is 0 Å². The smallest absolute Gasteiger partial charge is 0.230 e. The van der Waals surface area contributed by atoms with Crippen molar-refractivity contribution in [2.75, 3.05) is 20.1 Å². The maximum Gasteiger partial charge on any atom is 0.230 e. The zero-order valence-electron chi connectivity index (χ0n) is 12.7. The fraction of sp³-hybridized carbons (Fsp3) is 0.625. The van der Waals surface area contributed by atoms with Gasteiger partial charge in [-0.1, -0.05) is 6.92 Å². The van der Waals surface area contributed by atoms with Crippen LogP contribution in [0.4, 0.5) is 0 Å². The minimum absolute atomic E-state index is 0.0795. The van der Waals surface area contributed by atoms with E-state index in [9.17, 15) is 4.79 Å². The van der Waals surface area contributed by atoms with E-state index in [1.54, 1.807) is 12.4 Å². The lowest BCUT2D eigenvalue weighted by Crippen LogP contribution is -2.51. The highest BCUT2D eigenvalue weighted by Gasteiger charge is 2.40. The highest BCUT2D eigenvalue weighted by Crippen LogP contribution is 2.34. The Labute approximate surface area is 121 Å². The average molecular weight is 275 g/mol. The Kier molecular flexibility index (Phi) is 4.76. The van der Waals surface area contributed by atoms with Crippen LogP contribution in [0.1, 0.15) is 44.7 Å². The monoisotopic (exact) mass is 275 g/mol. The van der Waals surface area contributed by atoms with Gasteiger partial charge in [0, 0.05) is 26.0 Å². The van der Waals surface area contributed by atoms with Crippen LogP contribution in [-0.2, 0) is 4.79 Å². The number of rotatable bonds is 4. The van der Waals surface area contributed by atoms with Crippen molar-refractivity contribution in [2.24, 2.45) is 5.41 Å². The van der Waals surface area contributed by atoms with E-state index in [1.807, 2.05) is 24.1 Å². The van der Waals surface area contributed by atoms with E-state index in [1.165, 1.54) is 0 Å². The molecule has 4 nitrogen and oxygen atoms in total. The van der Waals surface area contributed by atoms with Crippen LogP contribution >= 0.6 is 0 Å². The average Bonchev–Trinajstić information content (AvgIpc) is 2.54. The largest absolute Gasteiger partial charge is 0.338 e. The second-order valence-corrected chi connectivity index (χ2v) is 5.79. The molecule has 1 aromatic heterocycles. The molecule has 0 aliphatic carbocycles. The van der Waals surface area contributed by atoms with Gasteiger partial charge in [-0.2, -0.15) is 0 Å². The van der Waals surface area contributed by atoms with Crippen molar-refractivity contribution in [1.29, 1.82) is 0 Å². The Hall–Kier alpha value is -1.42. The second kappa shape index (κ2) is 6.35. The molecule has 1 N–H and O–H groups in total. The van der Waals surface area contributed by atoms with Gasteiger partial charge in [-0.15, -0.1) is 0 Å². The maximum absolute atomic E-state index is 12.9. The van der Waals surface area contributed by atoms with Crippen LogP contribution in [0.25, 0.3) is 0 Å². The second-order valence-electron chi connectivity index (χ2n) is 5.79. The predicted molar refractivity (Wildman–Crippen MR) is 80.2 cm³/mol. The first-order valence-corrected chi connectivity index (χ1v) is 7.48. The molecule has 1 amide bonds. The standard InChI is InChI=1S/C16H25N3O/c1-4-16(8-5-9-18-12-16)15(20)19(3)13(2)14-6-10-17-11-7-14/h6-7,10-11,13,18H,4-5,8-9,12H2,1-3H3. The Morgan fingerprint density at radius 3 is 2.75 bits per heavy atom. The summed E-state index contributed by atoms with van der Waals surface area (Å²) >= 11 is 0. The Balaban J connectivity index is 2.15. The summed E-state index contributed by atoms with van der Waals surface area (Å²) < 4.78 is 0. The summed E-state index contributed by atoms with van der Waals surface area (Å²) in [6.45, 7) is 6.02. The highest BCUT2D eigenvalue weighted by molar-refractivity contribution is 5.83. The van der Waals surface area contributed by atoms with Crippen LogP contribution < -0.4 is 5.32 Å². The molecule has 0 radical (unpaired) electrons. The molecule has 1 fully saturated rings. The van der Waals surface area contributed by atoms with Gasteiger partial charge >= 0.3 is 0 Å². The van der Waals surface area contributed by atoms with Gasteiger partial charge in [-0.3, -0.25) is 9.78 Å². The predicted octanol–water partition coefficient (Wildman–Crippen LogP) is 2.38. The molecule has 110 valence electrons. The Morgan fingerprint density at radius 2 is 2.20 bits per heavy atom. The lowest BCUT2D eigenvalue weighted by molar-refractivity contribution is -0.144. The van der Waals surface area contributed by atoms with Gasteiger partial charge in [0.15, 0.2) is 0 Å². The van der Waals surface area contributed by atoms with Crippen LogP contribution in [0.5, 0.6) is 0 Å². The molecule has 1 aromatic rings. The van der Waals surface area contributed by atoms with E-state index in [0.717, 1.165) is 37.9 Å². The van der Waals surface area contributed by atoms with Crippen molar-refractivity contribution >= 4 is 5.91 Å². The lowest BCUT2D eigenvalue weighted by atomic mass is 9.77. The number of aromatic nitrogens is 1. The van der Waals surface area contributed by atoms with Crippen molar-refractivity contribution in [3.8, 4) is 0 Å². The highest BCUT2D eigenvalue weighted by atomic mass is 16.2. The van der Waals surface area contributed by atoms with Crippen molar-refractivity contribution in [1.82, 2.24) is 15.2 Å². The zero-order chi connectivity index (χ0) is 14.6. The molecule has 0 saturated carbocycles. The fourth-order valence-corrected chi connectivity index (χ4v) is 3.02. The van der Waals surface area contributed by atoms with E-state index in [2.05, 4.69) is 24.1 Å². The number of amides is 1. The Bertz CT molecular complexity index is 440. The summed E-state index contributed by atoms with van der Waals surface area (Å²) in [6.07, 6.45) is 6.52. The number of nitrogens with one attached hydrogen (secondary N) is 1. The van der Waals surface area contributed by atoms with Gasteiger partial charge in [0.2, 0.25) is 5.91 Å². The summed E-state index contributed by atoms with van der Waals surface area (Å²) in [5.41, 5.74) is 0.903. The molecule has 2 heterocycles. The third-order valence-corrected chi connectivity index (χ3v) is 4.69.